The van der Waals surface area contributed by atoms with E-state index in [1.165, 1.54) is 0 Å². The molecule has 0 bridgehead atoms. The first kappa shape index (κ1) is 17.0. The number of benzene rings is 3. The zero-order valence-corrected chi connectivity index (χ0v) is 15.0. The summed E-state index contributed by atoms with van der Waals surface area (Å²) in [6.07, 6.45) is 0. The summed E-state index contributed by atoms with van der Waals surface area (Å²) in [7, 11) is -3.61. The first-order valence-electron chi connectivity index (χ1n) is 7.96. The second kappa shape index (κ2) is 6.99. The molecule has 0 aliphatic heterocycles. The van der Waals surface area contributed by atoms with E-state index in [1.807, 2.05) is 61.5 Å². The van der Waals surface area contributed by atoms with Crippen molar-refractivity contribution in [1.29, 1.82) is 0 Å². The average molecular weight is 352 g/mol. The summed E-state index contributed by atoms with van der Waals surface area (Å²) < 4.78 is 27.9. The quantitative estimate of drug-likeness (QED) is 0.690. The Bertz CT molecular complexity index is 966. The number of sulfonamides is 1. The Labute approximate surface area is 148 Å². The molecule has 3 aromatic carbocycles. The Balaban J connectivity index is 1.78. The molecule has 0 unspecified atom stereocenters. The minimum atomic E-state index is -3.61. The van der Waals surface area contributed by atoms with Gasteiger partial charge in [-0.05, 0) is 67.4 Å². The van der Waals surface area contributed by atoms with E-state index in [1.54, 1.807) is 25.1 Å². The minimum Gasteiger partial charge on any atom is -0.356 e. The van der Waals surface area contributed by atoms with Crippen LogP contribution in [0, 0.1) is 13.8 Å². The summed E-state index contributed by atoms with van der Waals surface area (Å²) in [6.45, 7) is 3.67. The molecule has 0 aliphatic rings. The third-order valence-corrected chi connectivity index (χ3v) is 5.36. The lowest BCUT2D eigenvalue weighted by Gasteiger charge is -2.12. The first-order chi connectivity index (χ1) is 11.9. The van der Waals surface area contributed by atoms with Crippen LogP contribution in [-0.4, -0.2) is 8.42 Å². The Hall–Kier alpha value is -2.79. The Morgan fingerprint density at radius 3 is 2.00 bits per heavy atom. The molecule has 0 heterocycles. The van der Waals surface area contributed by atoms with Gasteiger partial charge in [0.15, 0.2) is 0 Å². The van der Waals surface area contributed by atoms with Crippen molar-refractivity contribution in [2.24, 2.45) is 0 Å². The molecule has 0 saturated carbocycles. The fourth-order valence-corrected chi connectivity index (χ4v) is 3.91. The highest BCUT2D eigenvalue weighted by Crippen LogP contribution is 2.23. The summed E-state index contributed by atoms with van der Waals surface area (Å²) in [5, 5.41) is 3.26. The zero-order chi connectivity index (χ0) is 17.9. The standard InChI is InChI=1S/C20H20N2O2S/c1-15-8-9-16(2)20(14-15)25(23,24)22-19-12-10-18(11-13-19)21-17-6-4-3-5-7-17/h3-14,21-22H,1-2H3. The molecule has 0 atom stereocenters. The number of nitrogens with one attached hydrogen (secondary N) is 2. The van der Waals surface area contributed by atoms with Crippen LogP contribution >= 0.6 is 0 Å². The molecule has 2 N–H and O–H groups in total. The molecule has 0 aliphatic carbocycles. The molecular weight excluding hydrogens is 332 g/mol. The van der Waals surface area contributed by atoms with Crippen LogP contribution in [0.15, 0.2) is 77.7 Å². The maximum Gasteiger partial charge on any atom is 0.262 e. The van der Waals surface area contributed by atoms with Crippen LogP contribution in [0.25, 0.3) is 0 Å². The van der Waals surface area contributed by atoms with E-state index in [2.05, 4.69) is 10.0 Å². The third-order valence-electron chi connectivity index (χ3n) is 3.83. The van der Waals surface area contributed by atoms with E-state index in [0.29, 0.717) is 10.6 Å². The first-order valence-corrected chi connectivity index (χ1v) is 9.44. The van der Waals surface area contributed by atoms with E-state index in [0.717, 1.165) is 22.5 Å². The average Bonchev–Trinajstić information content (AvgIpc) is 2.59. The zero-order valence-electron chi connectivity index (χ0n) is 14.2. The van der Waals surface area contributed by atoms with Gasteiger partial charge in [-0.2, -0.15) is 0 Å². The monoisotopic (exact) mass is 352 g/mol. The maximum atomic E-state index is 12.6. The number of aryl methyl sites for hydroxylation is 2. The van der Waals surface area contributed by atoms with Gasteiger partial charge in [-0.3, -0.25) is 4.72 Å². The van der Waals surface area contributed by atoms with Gasteiger partial charge in [0.1, 0.15) is 0 Å². The fourth-order valence-electron chi connectivity index (χ4n) is 2.52. The molecule has 0 spiro atoms. The van der Waals surface area contributed by atoms with E-state index in [4.69, 9.17) is 0 Å². The fraction of sp³-hybridized carbons (Fsp3) is 0.100. The van der Waals surface area contributed by atoms with Crippen molar-refractivity contribution < 1.29 is 8.42 Å². The SMILES string of the molecule is Cc1ccc(C)c(S(=O)(=O)Nc2ccc(Nc3ccccc3)cc2)c1. The van der Waals surface area contributed by atoms with E-state index < -0.39 is 10.0 Å². The normalized spacial score (nSPS) is 11.1. The van der Waals surface area contributed by atoms with Gasteiger partial charge in [0.25, 0.3) is 10.0 Å². The molecule has 3 aromatic rings. The van der Waals surface area contributed by atoms with Gasteiger partial charge in [-0.25, -0.2) is 8.42 Å². The van der Waals surface area contributed by atoms with Gasteiger partial charge < -0.3 is 5.32 Å². The number of hydrogen-bond donors (Lipinski definition) is 2. The summed E-state index contributed by atoms with van der Waals surface area (Å²) in [5.41, 5.74) is 4.03. The molecule has 5 heteroatoms. The lowest BCUT2D eigenvalue weighted by molar-refractivity contribution is 0.600. The Morgan fingerprint density at radius 2 is 1.32 bits per heavy atom. The van der Waals surface area contributed by atoms with Crippen molar-refractivity contribution in [2.75, 3.05) is 10.0 Å². The van der Waals surface area contributed by atoms with Gasteiger partial charge >= 0.3 is 0 Å². The van der Waals surface area contributed by atoms with Crippen molar-refractivity contribution in [3.05, 3.63) is 83.9 Å². The molecule has 0 aromatic heterocycles. The van der Waals surface area contributed by atoms with Crippen LogP contribution in [0.5, 0.6) is 0 Å². The van der Waals surface area contributed by atoms with Gasteiger partial charge in [0, 0.05) is 17.1 Å². The predicted molar refractivity (Wildman–Crippen MR) is 103 cm³/mol. The van der Waals surface area contributed by atoms with E-state index in [9.17, 15) is 8.42 Å². The van der Waals surface area contributed by atoms with Crippen LogP contribution in [-0.2, 0) is 10.0 Å². The maximum absolute atomic E-state index is 12.6. The minimum absolute atomic E-state index is 0.305. The second-order valence-electron chi connectivity index (χ2n) is 5.94. The van der Waals surface area contributed by atoms with Crippen LogP contribution in [0.2, 0.25) is 0 Å². The van der Waals surface area contributed by atoms with Gasteiger partial charge in [0.2, 0.25) is 0 Å². The Morgan fingerprint density at radius 1 is 0.720 bits per heavy atom. The number of hydrogen-bond acceptors (Lipinski definition) is 3. The lowest BCUT2D eigenvalue weighted by Crippen LogP contribution is -2.14. The van der Waals surface area contributed by atoms with Crippen LogP contribution in [0.3, 0.4) is 0 Å². The van der Waals surface area contributed by atoms with Crippen LogP contribution < -0.4 is 10.0 Å². The second-order valence-corrected chi connectivity index (χ2v) is 7.59. The summed E-state index contributed by atoms with van der Waals surface area (Å²) in [6, 6.07) is 22.4. The third kappa shape index (κ3) is 4.19. The number of rotatable bonds is 5. The highest BCUT2D eigenvalue weighted by molar-refractivity contribution is 7.92. The highest BCUT2D eigenvalue weighted by Gasteiger charge is 2.17. The molecule has 25 heavy (non-hydrogen) atoms. The molecule has 0 saturated heterocycles. The topological polar surface area (TPSA) is 58.2 Å². The molecule has 3 rings (SSSR count). The molecule has 0 amide bonds. The lowest BCUT2D eigenvalue weighted by atomic mass is 10.2. The smallest absolute Gasteiger partial charge is 0.262 e. The predicted octanol–water partition coefficient (Wildman–Crippen LogP) is 4.85. The summed E-state index contributed by atoms with van der Waals surface area (Å²) in [4.78, 5) is 0.305. The summed E-state index contributed by atoms with van der Waals surface area (Å²) >= 11 is 0. The van der Waals surface area contributed by atoms with Crippen molar-refractivity contribution >= 4 is 27.1 Å². The van der Waals surface area contributed by atoms with Crippen LogP contribution in [0.1, 0.15) is 11.1 Å². The number of anilines is 3. The van der Waals surface area contributed by atoms with Crippen molar-refractivity contribution in [3.63, 3.8) is 0 Å². The van der Waals surface area contributed by atoms with Crippen molar-refractivity contribution in [1.82, 2.24) is 0 Å². The molecule has 128 valence electrons. The number of para-hydroxylation sites is 1. The molecule has 0 fully saturated rings. The van der Waals surface area contributed by atoms with E-state index >= 15 is 0 Å². The van der Waals surface area contributed by atoms with E-state index in [-0.39, 0.29) is 0 Å². The summed E-state index contributed by atoms with van der Waals surface area (Å²) in [5.74, 6) is 0. The van der Waals surface area contributed by atoms with Gasteiger partial charge in [0.05, 0.1) is 4.90 Å². The van der Waals surface area contributed by atoms with Crippen molar-refractivity contribution in [2.45, 2.75) is 18.7 Å². The molecule has 4 nitrogen and oxygen atoms in total. The highest BCUT2D eigenvalue weighted by atomic mass is 32.2. The Kier molecular flexibility index (Phi) is 4.76. The molecular formula is C20H20N2O2S. The van der Waals surface area contributed by atoms with Crippen molar-refractivity contribution in [3.8, 4) is 0 Å². The van der Waals surface area contributed by atoms with Gasteiger partial charge in [-0.1, -0.05) is 30.3 Å². The molecule has 0 radical (unpaired) electrons. The van der Waals surface area contributed by atoms with Crippen LogP contribution in [0.4, 0.5) is 17.1 Å². The van der Waals surface area contributed by atoms with Gasteiger partial charge in [-0.15, -0.1) is 0 Å². The largest absolute Gasteiger partial charge is 0.356 e.